The molecular formula is C20H26F3NO4. The number of hydrogen-bond donors (Lipinski definition) is 1. The summed E-state index contributed by atoms with van der Waals surface area (Å²) in [5.74, 6) is -0.283. The highest BCUT2D eigenvalue weighted by atomic mass is 19.4. The number of ether oxygens (including phenoxy) is 2. The van der Waals surface area contributed by atoms with Gasteiger partial charge in [-0.15, -0.1) is 0 Å². The SMILES string of the molecule is COc1ccc(C2(O)CC3CCC(C2)N3C(=O)OC(C)(C)C)cc1C(F)(F)F. The highest BCUT2D eigenvalue weighted by Gasteiger charge is 2.51. The third kappa shape index (κ3) is 3.92. The highest BCUT2D eigenvalue weighted by molar-refractivity contribution is 5.70. The molecule has 1 amide bonds. The molecule has 2 heterocycles. The molecule has 2 atom stereocenters. The number of amides is 1. The lowest BCUT2D eigenvalue weighted by Crippen LogP contribution is -2.53. The van der Waals surface area contributed by atoms with Gasteiger partial charge in [-0.25, -0.2) is 4.79 Å². The Bertz CT molecular complexity index is 743. The molecule has 8 heteroatoms. The van der Waals surface area contributed by atoms with Crippen molar-refractivity contribution in [1.29, 1.82) is 0 Å². The largest absolute Gasteiger partial charge is 0.496 e. The smallest absolute Gasteiger partial charge is 0.419 e. The summed E-state index contributed by atoms with van der Waals surface area (Å²) >= 11 is 0. The summed E-state index contributed by atoms with van der Waals surface area (Å²) in [5, 5.41) is 11.2. The first-order chi connectivity index (χ1) is 12.8. The molecule has 5 nitrogen and oxygen atoms in total. The lowest BCUT2D eigenvalue weighted by Gasteiger charge is -2.44. The Labute approximate surface area is 162 Å². The number of rotatable bonds is 2. The van der Waals surface area contributed by atoms with Crippen LogP contribution in [-0.4, -0.2) is 40.9 Å². The molecule has 0 aromatic heterocycles. The first-order valence-electron chi connectivity index (χ1n) is 9.33. The first-order valence-corrected chi connectivity index (χ1v) is 9.33. The van der Waals surface area contributed by atoms with E-state index in [4.69, 9.17) is 9.47 Å². The van der Waals surface area contributed by atoms with Crippen LogP contribution in [0.5, 0.6) is 5.75 Å². The fourth-order valence-corrected chi connectivity index (χ4v) is 4.29. The fourth-order valence-electron chi connectivity index (χ4n) is 4.29. The van der Waals surface area contributed by atoms with Gasteiger partial charge in [0.15, 0.2) is 0 Å². The number of methoxy groups -OCH3 is 1. The molecule has 2 fully saturated rings. The molecule has 2 aliphatic rings. The number of alkyl halides is 3. The summed E-state index contributed by atoms with van der Waals surface area (Å²) in [7, 11) is 1.18. The van der Waals surface area contributed by atoms with Crippen LogP contribution in [0, 0.1) is 0 Å². The van der Waals surface area contributed by atoms with Gasteiger partial charge in [0.1, 0.15) is 11.4 Å². The van der Waals surface area contributed by atoms with Crippen LogP contribution in [0.2, 0.25) is 0 Å². The van der Waals surface area contributed by atoms with Gasteiger partial charge in [-0.2, -0.15) is 13.2 Å². The van der Waals surface area contributed by atoms with Crippen molar-refractivity contribution in [3.05, 3.63) is 29.3 Å². The zero-order valence-corrected chi connectivity index (χ0v) is 16.5. The average Bonchev–Trinajstić information content (AvgIpc) is 2.84. The van der Waals surface area contributed by atoms with Crippen LogP contribution in [0.15, 0.2) is 18.2 Å². The summed E-state index contributed by atoms with van der Waals surface area (Å²) in [6, 6.07) is 3.13. The van der Waals surface area contributed by atoms with Gasteiger partial charge in [-0.3, -0.25) is 0 Å². The number of nitrogens with zero attached hydrogens (tertiary/aromatic N) is 1. The summed E-state index contributed by atoms with van der Waals surface area (Å²) in [4.78, 5) is 14.2. The van der Waals surface area contributed by atoms with Gasteiger partial charge in [0.25, 0.3) is 0 Å². The van der Waals surface area contributed by atoms with E-state index in [1.807, 2.05) is 0 Å². The minimum atomic E-state index is -4.59. The molecule has 3 rings (SSSR count). The van der Waals surface area contributed by atoms with Crippen molar-refractivity contribution < 1.29 is 32.5 Å². The Morgan fingerprint density at radius 3 is 2.21 bits per heavy atom. The average molecular weight is 401 g/mol. The van der Waals surface area contributed by atoms with Crippen molar-refractivity contribution in [3.63, 3.8) is 0 Å². The summed E-state index contributed by atoms with van der Waals surface area (Å²) in [6.07, 6.45) is -3.30. The second-order valence-electron chi connectivity index (χ2n) is 8.63. The van der Waals surface area contributed by atoms with E-state index < -0.39 is 29.0 Å². The predicted octanol–water partition coefficient (Wildman–Crippen LogP) is 4.46. The molecule has 0 aliphatic carbocycles. The molecular weight excluding hydrogens is 375 g/mol. The minimum Gasteiger partial charge on any atom is -0.496 e. The van der Waals surface area contributed by atoms with Crippen LogP contribution in [0.3, 0.4) is 0 Å². The van der Waals surface area contributed by atoms with Crippen LogP contribution in [-0.2, 0) is 16.5 Å². The lowest BCUT2D eigenvalue weighted by molar-refractivity contribution is -0.139. The van der Waals surface area contributed by atoms with Gasteiger partial charge >= 0.3 is 12.3 Å². The maximum absolute atomic E-state index is 13.4. The minimum absolute atomic E-state index is 0.173. The number of fused-ring (bicyclic) bond motifs is 2. The van der Waals surface area contributed by atoms with E-state index in [1.54, 1.807) is 25.7 Å². The summed E-state index contributed by atoms with van der Waals surface area (Å²) < 4.78 is 50.4. The first kappa shape index (κ1) is 20.8. The van der Waals surface area contributed by atoms with Crippen molar-refractivity contribution in [1.82, 2.24) is 4.90 Å². The van der Waals surface area contributed by atoms with Crippen LogP contribution in [0.1, 0.15) is 57.6 Å². The monoisotopic (exact) mass is 401 g/mol. The van der Waals surface area contributed by atoms with E-state index in [2.05, 4.69) is 0 Å². The normalized spacial score (nSPS) is 27.6. The Balaban J connectivity index is 1.87. The van der Waals surface area contributed by atoms with E-state index in [0.29, 0.717) is 12.8 Å². The molecule has 1 aromatic rings. The zero-order valence-electron chi connectivity index (χ0n) is 16.5. The highest BCUT2D eigenvalue weighted by Crippen LogP contribution is 2.48. The molecule has 0 spiro atoms. The molecule has 2 saturated heterocycles. The van der Waals surface area contributed by atoms with E-state index in [0.717, 1.165) is 6.07 Å². The van der Waals surface area contributed by atoms with Gasteiger partial charge in [0.05, 0.1) is 18.3 Å². The summed E-state index contributed by atoms with van der Waals surface area (Å²) in [5.41, 5.74) is -2.79. The molecule has 2 unspecified atom stereocenters. The van der Waals surface area contributed by atoms with Crippen molar-refractivity contribution in [2.45, 2.75) is 75.9 Å². The molecule has 0 radical (unpaired) electrons. The van der Waals surface area contributed by atoms with Crippen molar-refractivity contribution in [3.8, 4) is 5.75 Å². The van der Waals surface area contributed by atoms with Crippen LogP contribution < -0.4 is 4.74 Å². The van der Waals surface area contributed by atoms with Gasteiger partial charge in [-0.05, 0) is 51.3 Å². The second-order valence-corrected chi connectivity index (χ2v) is 8.63. The van der Waals surface area contributed by atoms with E-state index in [-0.39, 0.29) is 36.2 Å². The molecule has 2 bridgehead atoms. The fraction of sp³-hybridized carbons (Fsp3) is 0.650. The molecule has 1 N–H and O–H groups in total. The van der Waals surface area contributed by atoms with Crippen molar-refractivity contribution in [2.75, 3.05) is 7.11 Å². The van der Waals surface area contributed by atoms with Crippen LogP contribution >= 0.6 is 0 Å². The quantitative estimate of drug-likeness (QED) is 0.795. The Morgan fingerprint density at radius 2 is 1.75 bits per heavy atom. The number of piperidine rings is 1. The maximum Gasteiger partial charge on any atom is 0.419 e. The van der Waals surface area contributed by atoms with Crippen LogP contribution in [0.25, 0.3) is 0 Å². The third-order valence-electron chi connectivity index (χ3n) is 5.41. The van der Waals surface area contributed by atoms with E-state index in [1.165, 1.54) is 19.2 Å². The molecule has 28 heavy (non-hydrogen) atoms. The van der Waals surface area contributed by atoms with Gasteiger partial charge in [0.2, 0.25) is 0 Å². The predicted molar refractivity (Wildman–Crippen MR) is 96.0 cm³/mol. The van der Waals surface area contributed by atoms with E-state index in [9.17, 15) is 23.1 Å². The topological polar surface area (TPSA) is 59.0 Å². The standard InChI is InChI=1S/C20H26F3NO4/c1-18(2,3)28-17(25)24-13-6-7-14(24)11-19(26,10-13)12-5-8-16(27-4)15(9-12)20(21,22)23/h5,8-9,13-14,26H,6-7,10-11H2,1-4H3. The van der Waals surface area contributed by atoms with Gasteiger partial charge in [-0.1, -0.05) is 6.07 Å². The number of hydrogen-bond acceptors (Lipinski definition) is 4. The third-order valence-corrected chi connectivity index (χ3v) is 5.41. The van der Waals surface area contributed by atoms with Gasteiger partial charge < -0.3 is 19.5 Å². The maximum atomic E-state index is 13.4. The van der Waals surface area contributed by atoms with Gasteiger partial charge in [0, 0.05) is 24.9 Å². The van der Waals surface area contributed by atoms with Crippen molar-refractivity contribution in [2.24, 2.45) is 0 Å². The second kappa shape index (κ2) is 6.83. The van der Waals surface area contributed by atoms with Crippen molar-refractivity contribution >= 4 is 6.09 Å². The Morgan fingerprint density at radius 1 is 1.18 bits per heavy atom. The molecule has 1 aromatic carbocycles. The van der Waals surface area contributed by atoms with E-state index >= 15 is 0 Å². The number of carbonyl (C=O) groups excluding carboxylic acids is 1. The number of benzene rings is 1. The molecule has 0 saturated carbocycles. The molecule has 156 valence electrons. The van der Waals surface area contributed by atoms with Crippen LogP contribution in [0.4, 0.5) is 18.0 Å². The number of halogens is 3. The Kier molecular flexibility index (Phi) is 5.06. The lowest BCUT2D eigenvalue weighted by atomic mass is 9.80. The number of carbonyl (C=O) groups is 1. The molecule has 2 aliphatic heterocycles. The Hall–Kier alpha value is -1.96. The zero-order chi connectivity index (χ0) is 20.9. The summed E-state index contributed by atoms with van der Waals surface area (Å²) in [6.45, 7) is 5.34. The number of aliphatic hydroxyl groups is 1.